The lowest BCUT2D eigenvalue weighted by molar-refractivity contribution is 0.412. The number of benzene rings is 2. The molecule has 1 aliphatic rings. The lowest BCUT2D eigenvalue weighted by Crippen LogP contribution is -2.31. The minimum absolute atomic E-state index is 0.0933. The molecule has 4 nitrogen and oxygen atoms in total. The monoisotopic (exact) mass is 285 g/mol. The highest BCUT2D eigenvalue weighted by Gasteiger charge is 2.20. The summed E-state index contributed by atoms with van der Waals surface area (Å²) in [4.78, 5) is 0. The molecule has 3 rings (SSSR count). The molecule has 2 aromatic carbocycles. The minimum Gasteiger partial charge on any atom is -0.508 e. The molecule has 0 radical (unpaired) electrons. The van der Waals surface area contributed by atoms with Crippen LogP contribution in [-0.2, 0) is 12.8 Å². The van der Waals surface area contributed by atoms with Crippen molar-refractivity contribution < 1.29 is 14.9 Å². The summed E-state index contributed by atoms with van der Waals surface area (Å²) in [5, 5.41) is 22.7. The molecular formula is C17H19NO3. The van der Waals surface area contributed by atoms with Crippen LogP contribution in [0.2, 0.25) is 0 Å². The Morgan fingerprint density at radius 3 is 2.62 bits per heavy atom. The molecule has 0 amide bonds. The summed E-state index contributed by atoms with van der Waals surface area (Å²) in [6, 6.07) is 11.1. The maximum Gasteiger partial charge on any atom is 0.119 e. The van der Waals surface area contributed by atoms with Crippen molar-refractivity contribution in [3.05, 3.63) is 53.1 Å². The van der Waals surface area contributed by atoms with Gasteiger partial charge in [-0.25, -0.2) is 0 Å². The Balaban J connectivity index is 1.88. The van der Waals surface area contributed by atoms with E-state index in [1.54, 1.807) is 19.2 Å². The fourth-order valence-electron chi connectivity index (χ4n) is 2.95. The van der Waals surface area contributed by atoms with Crippen molar-refractivity contribution in [2.45, 2.75) is 18.9 Å². The van der Waals surface area contributed by atoms with Crippen LogP contribution in [0.3, 0.4) is 0 Å². The van der Waals surface area contributed by atoms with Crippen molar-refractivity contribution >= 4 is 0 Å². The van der Waals surface area contributed by atoms with E-state index < -0.39 is 0 Å². The number of nitrogens with one attached hydrogen (secondary N) is 1. The van der Waals surface area contributed by atoms with Gasteiger partial charge in [0.1, 0.15) is 17.2 Å². The summed E-state index contributed by atoms with van der Waals surface area (Å²) in [7, 11) is 1.68. The third kappa shape index (κ3) is 2.95. The number of ether oxygens (including phenoxy) is 1. The topological polar surface area (TPSA) is 61.7 Å². The number of fused-ring (bicyclic) bond motifs is 1. The van der Waals surface area contributed by atoms with E-state index in [1.165, 1.54) is 17.2 Å². The Morgan fingerprint density at radius 2 is 1.90 bits per heavy atom. The molecule has 21 heavy (non-hydrogen) atoms. The van der Waals surface area contributed by atoms with E-state index in [0.29, 0.717) is 0 Å². The van der Waals surface area contributed by atoms with Gasteiger partial charge in [0.15, 0.2) is 0 Å². The fraction of sp³-hybridized carbons (Fsp3) is 0.294. The van der Waals surface area contributed by atoms with Crippen LogP contribution >= 0.6 is 0 Å². The molecule has 1 heterocycles. The summed E-state index contributed by atoms with van der Waals surface area (Å²) < 4.78 is 5.28. The first-order valence-electron chi connectivity index (χ1n) is 7.08. The molecule has 3 N–H and O–H groups in total. The van der Waals surface area contributed by atoms with E-state index >= 15 is 0 Å². The highest BCUT2D eigenvalue weighted by atomic mass is 16.5. The van der Waals surface area contributed by atoms with Crippen LogP contribution in [0.5, 0.6) is 17.2 Å². The second kappa shape index (κ2) is 5.66. The van der Waals surface area contributed by atoms with Gasteiger partial charge < -0.3 is 20.3 Å². The molecule has 1 atom stereocenters. The molecule has 0 fully saturated rings. The van der Waals surface area contributed by atoms with Gasteiger partial charge in [0.25, 0.3) is 0 Å². The Labute approximate surface area is 124 Å². The van der Waals surface area contributed by atoms with Crippen molar-refractivity contribution in [3.63, 3.8) is 0 Å². The minimum atomic E-state index is 0.0933. The number of aromatic hydroxyl groups is 2. The van der Waals surface area contributed by atoms with Crippen LogP contribution in [0.4, 0.5) is 0 Å². The van der Waals surface area contributed by atoms with E-state index in [2.05, 4.69) is 17.4 Å². The molecule has 0 bridgehead atoms. The Kier molecular flexibility index (Phi) is 3.71. The Hall–Kier alpha value is -2.20. The highest BCUT2D eigenvalue weighted by molar-refractivity contribution is 5.42. The predicted molar refractivity (Wildman–Crippen MR) is 80.9 cm³/mol. The lowest BCUT2D eigenvalue weighted by Gasteiger charge is -2.27. The van der Waals surface area contributed by atoms with Crippen molar-refractivity contribution in [1.29, 1.82) is 0 Å². The third-order valence-corrected chi connectivity index (χ3v) is 3.91. The third-order valence-electron chi connectivity index (χ3n) is 3.91. The van der Waals surface area contributed by atoms with E-state index in [4.69, 9.17) is 4.74 Å². The van der Waals surface area contributed by atoms with Gasteiger partial charge in [-0.05, 0) is 60.3 Å². The van der Waals surface area contributed by atoms with Crippen LogP contribution in [-0.4, -0.2) is 23.9 Å². The maximum absolute atomic E-state index is 9.59. The van der Waals surface area contributed by atoms with E-state index in [-0.39, 0.29) is 17.5 Å². The molecule has 110 valence electrons. The molecule has 1 aliphatic heterocycles. The number of methoxy groups -OCH3 is 1. The summed E-state index contributed by atoms with van der Waals surface area (Å²) in [6.07, 6.45) is 1.70. The van der Waals surface area contributed by atoms with Crippen LogP contribution in [0.1, 0.15) is 22.7 Å². The van der Waals surface area contributed by atoms with Crippen LogP contribution in [0, 0.1) is 0 Å². The average molecular weight is 285 g/mol. The second-order valence-electron chi connectivity index (χ2n) is 5.38. The first-order chi connectivity index (χ1) is 10.2. The summed E-state index contributed by atoms with van der Waals surface area (Å²) in [6.45, 7) is 0.912. The SMILES string of the molecule is COc1ccc2c(c1)CCN[C@H]2Cc1cc(O)cc(O)c1. The first-order valence-corrected chi connectivity index (χ1v) is 7.08. The zero-order chi connectivity index (χ0) is 14.8. The van der Waals surface area contributed by atoms with Gasteiger partial charge in [0.2, 0.25) is 0 Å². The lowest BCUT2D eigenvalue weighted by atomic mass is 9.90. The number of phenols is 2. The summed E-state index contributed by atoms with van der Waals surface area (Å²) >= 11 is 0. The summed E-state index contributed by atoms with van der Waals surface area (Å²) in [5.74, 6) is 1.07. The number of hydrogen-bond donors (Lipinski definition) is 3. The molecule has 0 aromatic heterocycles. The second-order valence-corrected chi connectivity index (χ2v) is 5.38. The molecule has 4 heteroatoms. The van der Waals surface area contributed by atoms with E-state index in [0.717, 1.165) is 30.7 Å². The first kappa shape index (κ1) is 13.8. The van der Waals surface area contributed by atoms with E-state index in [9.17, 15) is 10.2 Å². The quantitative estimate of drug-likeness (QED) is 0.811. The van der Waals surface area contributed by atoms with Gasteiger partial charge in [-0.2, -0.15) is 0 Å². The van der Waals surface area contributed by atoms with Gasteiger partial charge in [0.05, 0.1) is 7.11 Å². The molecule has 0 aliphatic carbocycles. The standard InChI is InChI=1S/C17H19NO3/c1-21-15-2-3-16-12(9-15)4-5-18-17(16)8-11-6-13(19)10-14(20)7-11/h2-3,6-7,9-10,17-20H,4-5,8H2,1H3/t17-/m0/s1. The predicted octanol–water partition coefficient (Wildman–Crippen LogP) is 2.54. The Bertz CT molecular complexity index is 634. The smallest absolute Gasteiger partial charge is 0.119 e. The van der Waals surface area contributed by atoms with E-state index in [1.807, 2.05) is 6.07 Å². The highest BCUT2D eigenvalue weighted by Crippen LogP contribution is 2.30. The van der Waals surface area contributed by atoms with Gasteiger partial charge in [-0.15, -0.1) is 0 Å². The van der Waals surface area contributed by atoms with Crippen LogP contribution < -0.4 is 10.1 Å². The van der Waals surface area contributed by atoms with Crippen LogP contribution in [0.25, 0.3) is 0 Å². The summed E-state index contributed by atoms with van der Waals surface area (Å²) in [5.41, 5.74) is 3.46. The van der Waals surface area contributed by atoms with Crippen molar-refractivity contribution in [3.8, 4) is 17.2 Å². The average Bonchev–Trinajstić information content (AvgIpc) is 2.46. The molecule has 0 unspecified atom stereocenters. The van der Waals surface area contributed by atoms with Crippen LogP contribution in [0.15, 0.2) is 36.4 Å². The van der Waals surface area contributed by atoms with Gasteiger partial charge >= 0.3 is 0 Å². The van der Waals surface area contributed by atoms with Crippen molar-refractivity contribution in [1.82, 2.24) is 5.32 Å². The van der Waals surface area contributed by atoms with Gasteiger partial charge in [-0.3, -0.25) is 0 Å². The number of hydrogen-bond acceptors (Lipinski definition) is 4. The fourth-order valence-corrected chi connectivity index (χ4v) is 2.95. The van der Waals surface area contributed by atoms with Crippen molar-refractivity contribution in [2.24, 2.45) is 0 Å². The molecule has 2 aromatic rings. The normalized spacial score (nSPS) is 17.3. The Morgan fingerprint density at radius 1 is 1.14 bits per heavy atom. The number of rotatable bonds is 3. The molecule has 0 saturated carbocycles. The van der Waals surface area contributed by atoms with Gasteiger partial charge in [-0.1, -0.05) is 6.07 Å². The molecule has 0 saturated heterocycles. The maximum atomic E-state index is 9.59. The molecule has 0 spiro atoms. The van der Waals surface area contributed by atoms with Crippen molar-refractivity contribution in [2.75, 3.05) is 13.7 Å². The zero-order valence-corrected chi connectivity index (χ0v) is 12.0. The largest absolute Gasteiger partial charge is 0.508 e. The molecular weight excluding hydrogens is 266 g/mol. The number of phenolic OH excluding ortho intramolecular Hbond substituents is 2. The zero-order valence-electron chi connectivity index (χ0n) is 12.0. The van der Waals surface area contributed by atoms with Gasteiger partial charge in [0, 0.05) is 12.1 Å².